The molecule has 0 aliphatic carbocycles. The summed E-state index contributed by atoms with van der Waals surface area (Å²) in [5.74, 6) is 2.75. The largest absolute Gasteiger partial charge is 0.393 e. The minimum atomic E-state index is -2.86. The predicted octanol–water partition coefficient (Wildman–Crippen LogP) is 0.925. The Bertz CT molecular complexity index is 255. The molecule has 3 nitrogen and oxygen atoms in total. The van der Waals surface area contributed by atoms with Crippen LogP contribution in [0.25, 0.3) is 0 Å². The van der Waals surface area contributed by atoms with E-state index >= 15 is 0 Å². The van der Waals surface area contributed by atoms with E-state index in [9.17, 15) is 13.5 Å². The van der Waals surface area contributed by atoms with Gasteiger partial charge in [-0.2, -0.15) is 11.8 Å². The molecule has 0 aromatic carbocycles. The number of aliphatic hydroxyl groups is 1. The monoisotopic (exact) mass is 238 g/mol. The molecule has 1 saturated heterocycles. The van der Waals surface area contributed by atoms with Crippen LogP contribution in [0.5, 0.6) is 0 Å². The summed E-state index contributed by atoms with van der Waals surface area (Å²) in [7, 11) is -2.86. The predicted molar refractivity (Wildman–Crippen MR) is 60.4 cm³/mol. The molecule has 1 rings (SSSR count). The van der Waals surface area contributed by atoms with Crippen molar-refractivity contribution >= 4 is 21.6 Å². The Labute approximate surface area is 90.2 Å². The molecular weight excluding hydrogens is 220 g/mol. The summed E-state index contributed by atoms with van der Waals surface area (Å²) in [6, 6.07) is 0. The van der Waals surface area contributed by atoms with Crippen molar-refractivity contribution in [3.8, 4) is 0 Å². The molecule has 1 fully saturated rings. The SMILES string of the molecule is CS(=O)(=O)CCCC(O)C1CCSC1. The first kappa shape index (κ1) is 12.3. The van der Waals surface area contributed by atoms with E-state index in [1.807, 2.05) is 11.8 Å². The lowest BCUT2D eigenvalue weighted by atomic mass is 9.98. The Balaban J connectivity index is 2.17. The van der Waals surface area contributed by atoms with Gasteiger partial charge in [0, 0.05) is 12.0 Å². The maximum absolute atomic E-state index is 10.8. The molecule has 0 radical (unpaired) electrons. The second kappa shape index (κ2) is 5.37. The van der Waals surface area contributed by atoms with Gasteiger partial charge >= 0.3 is 0 Å². The molecule has 0 aromatic rings. The zero-order valence-electron chi connectivity index (χ0n) is 8.48. The van der Waals surface area contributed by atoms with Gasteiger partial charge in [-0.25, -0.2) is 8.42 Å². The van der Waals surface area contributed by atoms with E-state index in [4.69, 9.17) is 0 Å². The van der Waals surface area contributed by atoms with Crippen molar-refractivity contribution in [3.63, 3.8) is 0 Å². The zero-order valence-corrected chi connectivity index (χ0v) is 10.1. The zero-order chi connectivity index (χ0) is 10.6. The number of hydrogen-bond acceptors (Lipinski definition) is 4. The second-order valence-corrected chi connectivity index (χ2v) is 7.37. The van der Waals surface area contributed by atoms with E-state index in [0.717, 1.165) is 17.9 Å². The fourth-order valence-corrected chi connectivity index (χ4v) is 3.67. The third-order valence-corrected chi connectivity index (χ3v) is 4.74. The molecule has 84 valence electrons. The van der Waals surface area contributed by atoms with Crippen LogP contribution in [0.3, 0.4) is 0 Å². The summed E-state index contributed by atoms with van der Waals surface area (Å²) in [5.41, 5.74) is 0. The van der Waals surface area contributed by atoms with Gasteiger partial charge in [0.1, 0.15) is 9.84 Å². The van der Waals surface area contributed by atoms with Gasteiger partial charge in [-0.3, -0.25) is 0 Å². The van der Waals surface area contributed by atoms with E-state index < -0.39 is 9.84 Å². The van der Waals surface area contributed by atoms with Crippen LogP contribution in [0.15, 0.2) is 0 Å². The van der Waals surface area contributed by atoms with Crippen LogP contribution in [-0.2, 0) is 9.84 Å². The number of hydrogen-bond donors (Lipinski definition) is 1. The first-order valence-corrected chi connectivity index (χ1v) is 8.14. The number of rotatable bonds is 5. The lowest BCUT2D eigenvalue weighted by Crippen LogP contribution is -2.20. The summed E-state index contributed by atoms with van der Waals surface area (Å²) in [6.07, 6.45) is 3.22. The average Bonchev–Trinajstić information content (AvgIpc) is 2.53. The van der Waals surface area contributed by atoms with Crippen LogP contribution in [-0.4, -0.2) is 43.1 Å². The minimum Gasteiger partial charge on any atom is -0.393 e. The number of aliphatic hydroxyl groups excluding tert-OH is 1. The molecule has 1 heterocycles. The van der Waals surface area contributed by atoms with Crippen molar-refractivity contribution in [2.75, 3.05) is 23.5 Å². The maximum atomic E-state index is 10.8. The summed E-state index contributed by atoms with van der Waals surface area (Å²) in [6.45, 7) is 0. The first-order chi connectivity index (χ1) is 6.49. The Hall–Kier alpha value is 0.260. The van der Waals surface area contributed by atoms with Gasteiger partial charge in [-0.05, 0) is 36.7 Å². The first-order valence-electron chi connectivity index (χ1n) is 4.92. The highest BCUT2D eigenvalue weighted by molar-refractivity contribution is 7.99. The Morgan fingerprint density at radius 2 is 2.29 bits per heavy atom. The summed E-state index contributed by atoms with van der Waals surface area (Å²) in [4.78, 5) is 0. The third-order valence-electron chi connectivity index (χ3n) is 2.52. The van der Waals surface area contributed by atoms with Crippen LogP contribution in [0.1, 0.15) is 19.3 Å². The Morgan fingerprint density at radius 3 is 2.79 bits per heavy atom. The normalized spacial score (nSPS) is 25.1. The van der Waals surface area contributed by atoms with E-state index in [2.05, 4.69) is 0 Å². The quantitative estimate of drug-likeness (QED) is 0.774. The van der Waals surface area contributed by atoms with Crippen LogP contribution in [0, 0.1) is 5.92 Å². The highest BCUT2D eigenvalue weighted by Gasteiger charge is 2.23. The van der Waals surface area contributed by atoms with Crippen molar-refractivity contribution in [2.24, 2.45) is 5.92 Å². The van der Waals surface area contributed by atoms with Crippen molar-refractivity contribution in [1.29, 1.82) is 0 Å². The van der Waals surface area contributed by atoms with Gasteiger partial charge in [0.15, 0.2) is 0 Å². The molecule has 1 N–H and O–H groups in total. The van der Waals surface area contributed by atoms with Crippen molar-refractivity contribution in [2.45, 2.75) is 25.4 Å². The van der Waals surface area contributed by atoms with E-state index in [0.29, 0.717) is 18.8 Å². The number of thioether (sulfide) groups is 1. The second-order valence-electron chi connectivity index (χ2n) is 3.96. The van der Waals surface area contributed by atoms with Crippen LogP contribution >= 0.6 is 11.8 Å². The summed E-state index contributed by atoms with van der Waals surface area (Å²) in [5, 5.41) is 9.74. The molecule has 5 heteroatoms. The van der Waals surface area contributed by atoms with Crippen molar-refractivity contribution in [3.05, 3.63) is 0 Å². The van der Waals surface area contributed by atoms with E-state index in [1.165, 1.54) is 6.26 Å². The fourth-order valence-electron chi connectivity index (χ4n) is 1.65. The van der Waals surface area contributed by atoms with Gasteiger partial charge in [-0.15, -0.1) is 0 Å². The average molecular weight is 238 g/mol. The van der Waals surface area contributed by atoms with Crippen LogP contribution in [0.4, 0.5) is 0 Å². The highest BCUT2D eigenvalue weighted by Crippen LogP contribution is 2.27. The standard InChI is InChI=1S/C9H18O3S2/c1-14(11,12)6-2-3-9(10)8-4-5-13-7-8/h8-10H,2-7H2,1H3. The lowest BCUT2D eigenvalue weighted by molar-refractivity contribution is 0.110. The molecular formula is C9H18O3S2. The smallest absolute Gasteiger partial charge is 0.147 e. The van der Waals surface area contributed by atoms with Gasteiger partial charge in [0.25, 0.3) is 0 Å². The molecule has 2 unspecified atom stereocenters. The number of sulfone groups is 1. The van der Waals surface area contributed by atoms with E-state index in [1.54, 1.807) is 0 Å². The highest BCUT2D eigenvalue weighted by atomic mass is 32.2. The third kappa shape index (κ3) is 4.66. The summed E-state index contributed by atoms with van der Waals surface area (Å²) >= 11 is 1.87. The molecule has 1 aliphatic rings. The van der Waals surface area contributed by atoms with Gasteiger partial charge in [0.2, 0.25) is 0 Å². The van der Waals surface area contributed by atoms with Gasteiger partial charge in [0.05, 0.1) is 6.10 Å². The molecule has 1 aliphatic heterocycles. The molecule has 2 atom stereocenters. The van der Waals surface area contributed by atoms with Crippen LogP contribution < -0.4 is 0 Å². The topological polar surface area (TPSA) is 54.4 Å². The lowest BCUT2D eigenvalue weighted by Gasteiger charge is -2.16. The minimum absolute atomic E-state index is 0.198. The molecule has 0 aromatic heterocycles. The molecule has 0 spiro atoms. The fraction of sp³-hybridized carbons (Fsp3) is 1.00. The maximum Gasteiger partial charge on any atom is 0.147 e. The van der Waals surface area contributed by atoms with Crippen molar-refractivity contribution < 1.29 is 13.5 Å². The van der Waals surface area contributed by atoms with Gasteiger partial charge < -0.3 is 5.11 Å². The Morgan fingerprint density at radius 1 is 1.57 bits per heavy atom. The van der Waals surface area contributed by atoms with Crippen molar-refractivity contribution in [1.82, 2.24) is 0 Å². The molecule has 0 saturated carbocycles. The van der Waals surface area contributed by atoms with E-state index in [-0.39, 0.29) is 11.9 Å². The summed E-state index contributed by atoms with van der Waals surface area (Å²) < 4.78 is 21.7. The molecule has 14 heavy (non-hydrogen) atoms. The Kier molecular flexibility index (Phi) is 4.73. The molecule has 0 bridgehead atoms. The van der Waals surface area contributed by atoms with Gasteiger partial charge in [-0.1, -0.05) is 0 Å². The molecule has 0 amide bonds. The van der Waals surface area contributed by atoms with Crippen LogP contribution in [0.2, 0.25) is 0 Å².